The molecule has 0 saturated carbocycles. The van der Waals surface area contributed by atoms with Gasteiger partial charge in [0.2, 0.25) is 0 Å². The number of nitrogens with two attached hydrogens (primary N) is 1. The SMILES string of the molecule is COc1cc(CCN)ccc1OCCCC(F)(F)F. The van der Waals surface area contributed by atoms with Gasteiger partial charge in [-0.25, -0.2) is 0 Å². The first-order chi connectivity index (χ1) is 8.96. The lowest BCUT2D eigenvalue weighted by Gasteiger charge is -2.12. The second-order valence-electron chi connectivity index (χ2n) is 4.09. The predicted molar refractivity (Wildman–Crippen MR) is 66.5 cm³/mol. The molecule has 3 nitrogen and oxygen atoms in total. The van der Waals surface area contributed by atoms with Crippen LogP contribution in [-0.2, 0) is 6.42 Å². The summed E-state index contributed by atoms with van der Waals surface area (Å²) < 4.78 is 46.4. The maximum atomic E-state index is 12.0. The third-order valence-corrected chi connectivity index (χ3v) is 2.52. The highest BCUT2D eigenvalue weighted by molar-refractivity contribution is 5.43. The molecular formula is C13H18F3NO2. The zero-order chi connectivity index (χ0) is 14.3. The molecule has 2 N–H and O–H groups in total. The zero-order valence-corrected chi connectivity index (χ0v) is 10.8. The van der Waals surface area contributed by atoms with Gasteiger partial charge in [0.25, 0.3) is 0 Å². The van der Waals surface area contributed by atoms with Crippen molar-refractivity contribution in [1.29, 1.82) is 0 Å². The molecule has 0 bridgehead atoms. The molecule has 0 aliphatic rings. The van der Waals surface area contributed by atoms with E-state index in [9.17, 15) is 13.2 Å². The van der Waals surface area contributed by atoms with E-state index < -0.39 is 12.6 Å². The van der Waals surface area contributed by atoms with Crippen molar-refractivity contribution in [2.45, 2.75) is 25.4 Å². The maximum Gasteiger partial charge on any atom is 0.389 e. The van der Waals surface area contributed by atoms with Gasteiger partial charge in [-0.3, -0.25) is 0 Å². The predicted octanol–water partition coefficient (Wildman–Crippen LogP) is 2.92. The van der Waals surface area contributed by atoms with Crippen LogP contribution in [0.4, 0.5) is 13.2 Å². The van der Waals surface area contributed by atoms with E-state index in [1.54, 1.807) is 12.1 Å². The summed E-state index contributed by atoms with van der Waals surface area (Å²) in [4.78, 5) is 0. The minimum absolute atomic E-state index is 0.00606. The Hall–Kier alpha value is -1.43. The minimum Gasteiger partial charge on any atom is -0.493 e. The lowest BCUT2D eigenvalue weighted by Crippen LogP contribution is -2.10. The third-order valence-electron chi connectivity index (χ3n) is 2.52. The highest BCUT2D eigenvalue weighted by Gasteiger charge is 2.26. The van der Waals surface area contributed by atoms with Crippen LogP contribution < -0.4 is 15.2 Å². The number of halogens is 3. The summed E-state index contributed by atoms with van der Waals surface area (Å²) in [5.74, 6) is 0.961. The van der Waals surface area contributed by atoms with E-state index in [0.717, 1.165) is 5.56 Å². The number of ether oxygens (including phenoxy) is 2. The third kappa shape index (κ3) is 5.83. The van der Waals surface area contributed by atoms with Crippen molar-refractivity contribution < 1.29 is 22.6 Å². The van der Waals surface area contributed by atoms with Crippen LogP contribution in [0.2, 0.25) is 0 Å². The fourth-order valence-corrected chi connectivity index (χ4v) is 1.61. The lowest BCUT2D eigenvalue weighted by atomic mass is 10.1. The average molecular weight is 277 g/mol. The van der Waals surface area contributed by atoms with Crippen molar-refractivity contribution in [3.63, 3.8) is 0 Å². The Labute approximate surface area is 110 Å². The van der Waals surface area contributed by atoms with Crippen LogP contribution in [0.5, 0.6) is 11.5 Å². The van der Waals surface area contributed by atoms with Gasteiger partial charge in [0.1, 0.15) is 0 Å². The average Bonchev–Trinajstić information content (AvgIpc) is 2.35. The molecule has 1 aromatic rings. The Balaban J connectivity index is 2.53. The first-order valence-corrected chi connectivity index (χ1v) is 6.03. The van der Waals surface area contributed by atoms with Crippen LogP contribution in [0.1, 0.15) is 18.4 Å². The molecule has 6 heteroatoms. The summed E-state index contributed by atoms with van der Waals surface area (Å²) in [6, 6.07) is 5.30. The first kappa shape index (κ1) is 15.6. The van der Waals surface area contributed by atoms with E-state index in [1.165, 1.54) is 7.11 Å². The van der Waals surface area contributed by atoms with Crippen LogP contribution in [0.15, 0.2) is 18.2 Å². The number of rotatable bonds is 7. The summed E-state index contributed by atoms with van der Waals surface area (Å²) in [6.07, 6.45) is -4.35. The Morgan fingerprint density at radius 3 is 2.53 bits per heavy atom. The molecule has 0 aromatic heterocycles. The van der Waals surface area contributed by atoms with Crippen molar-refractivity contribution in [2.75, 3.05) is 20.3 Å². The van der Waals surface area contributed by atoms with Crippen LogP contribution in [0, 0.1) is 0 Å². The van der Waals surface area contributed by atoms with E-state index in [1.807, 2.05) is 6.07 Å². The molecular weight excluding hydrogens is 259 g/mol. The molecule has 108 valence electrons. The van der Waals surface area contributed by atoms with E-state index >= 15 is 0 Å². The van der Waals surface area contributed by atoms with E-state index in [-0.39, 0.29) is 13.0 Å². The summed E-state index contributed by atoms with van der Waals surface area (Å²) in [5, 5.41) is 0. The van der Waals surface area contributed by atoms with E-state index in [2.05, 4.69) is 0 Å². The van der Waals surface area contributed by atoms with Crippen molar-refractivity contribution in [2.24, 2.45) is 5.73 Å². The van der Waals surface area contributed by atoms with Gasteiger partial charge >= 0.3 is 6.18 Å². The quantitative estimate of drug-likeness (QED) is 0.779. The molecule has 0 unspecified atom stereocenters. The smallest absolute Gasteiger partial charge is 0.389 e. The molecule has 0 spiro atoms. The Morgan fingerprint density at radius 1 is 1.21 bits per heavy atom. The standard InChI is InChI=1S/C13H18F3NO2/c1-18-12-9-10(5-7-17)3-4-11(12)19-8-2-6-13(14,15)16/h3-4,9H,2,5-8,17H2,1H3. The molecule has 0 fully saturated rings. The first-order valence-electron chi connectivity index (χ1n) is 6.03. The fourth-order valence-electron chi connectivity index (χ4n) is 1.61. The summed E-state index contributed by atoms with van der Waals surface area (Å²) in [6.45, 7) is 0.529. The Bertz CT molecular complexity index is 394. The van der Waals surface area contributed by atoms with Crippen molar-refractivity contribution >= 4 is 0 Å². The second kappa shape index (κ2) is 7.23. The minimum atomic E-state index is -4.14. The van der Waals surface area contributed by atoms with Gasteiger partial charge in [0.05, 0.1) is 13.7 Å². The number of benzene rings is 1. The van der Waals surface area contributed by atoms with Crippen LogP contribution in [-0.4, -0.2) is 26.4 Å². The van der Waals surface area contributed by atoms with Gasteiger partial charge in [0.15, 0.2) is 11.5 Å². The molecule has 0 aliphatic heterocycles. The van der Waals surface area contributed by atoms with Gasteiger partial charge in [-0.05, 0) is 37.1 Å². The van der Waals surface area contributed by atoms with Crippen molar-refractivity contribution in [3.8, 4) is 11.5 Å². The van der Waals surface area contributed by atoms with Crippen LogP contribution in [0.25, 0.3) is 0 Å². The highest BCUT2D eigenvalue weighted by Crippen LogP contribution is 2.29. The molecule has 0 amide bonds. The molecule has 1 rings (SSSR count). The lowest BCUT2D eigenvalue weighted by molar-refractivity contribution is -0.136. The molecule has 0 saturated heterocycles. The largest absolute Gasteiger partial charge is 0.493 e. The van der Waals surface area contributed by atoms with E-state index in [0.29, 0.717) is 24.5 Å². The molecule has 19 heavy (non-hydrogen) atoms. The molecule has 0 aliphatic carbocycles. The topological polar surface area (TPSA) is 44.5 Å². The van der Waals surface area contributed by atoms with Gasteiger partial charge in [-0.1, -0.05) is 6.07 Å². The number of alkyl halides is 3. The molecule has 0 radical (unpaired) electrons. The number of hydrogen-bond acceptors (Lipinski definition) is 3. The second-order valence-corrected chi connectivity index (χ2v) is 4.09. The van der Waals surface area contributed by atoms with E-state index in [4.69, 9.17) is 15.2 Å². The van der Waals surface area contributed by atoms with Crippen LogP contribution >= 0.6 is 0 Å². The van der Waals surface area contributed by atoms with Gasteiger partial charge in [-0.2, -0.15) is 13.2 Å². The zero-order valence-electron chi connectivity index (χ0n) is 10.8. The summed E-state index contributed by atoms with van der Waals surface area (Å²) in [7, 11) is 1.49. The Kier molecular flexibility index (Phi) is 5.95. The van der Waals surface area contributed by atoms with Crippen LogP contribution in [0.3, 0.4) is 0 Å². The summed E-state index contributed by atoms with van der Waals surface area (Å²) in [5.41, 5.74) is 6.45. The Morgan fingerprint density at radius 2 is 1.95 bits per heavy atom. The fraction of sp³-hybridized carbons (Fsp3) is 0.538. The molecule has 0 heterocycles. The molecule has 1 aromatic carbocycles. The molecule has 0 atom stereocenters. The monoisotopic (exact) mass is 277 g/mol. The van der Waals surface area contributed by atoms with Gasteiger partial charge < -0.3 is 15.2 Å². The van der Waals surface area contributed by atoms with Gasteiger partial charge in [0, 0.05) is 6.42 Å². The highest BCUT2D eigenvalue weighted by atomic mass is 19.4. The summed E-state index contributed by atoms with van der Waals surface area (Å²) >= 11 is 0. The van der Waals surface area contributed by atoms with Crippen molar-refractivity contribution in [1.82, 2.24) is 0 Å². The number of hydrogen-bond donors (Lipinski definition) is 1. The maximum absolute atomic E-state index is 12.0. The normalized spacial score (nSPS) is 11.4. The number of methoxy groups -OCH3 is 1. The van der Waals surface area contributed by atoms with Gasteiger partial charge in [-0.15, -0.1) is 0 Å². The van der Waals surface area contributed by atoms with Crippen molar-refractivity contribution in [3.05, 3.63) is 23.8 Å².